The van der Waals surface area contributed by atoms with Gasteiger partial charge in [-0.25, -0.2) is 9.59 Å². The summed E-state index contributed by atoms with van der Waals surface area (Å²) in [5.41, 5.74) is 1.66. The number of hydrogen-bond acceptors (Lipinski definition) is 3. The summed E-state index contributed by atoms with van der Waals surface area (Å²) in [5, 5.41) is 11.7. The standard InChI is InChI=1S/C23H28N2O4/c26-22(27)17-29-16-19-13-11-18(12-14-19)15-24-23(28)25(20-7-3-1-4-8-20)21-9-5-2-6-10-21/h1-10,18-19H,11-17H2,(H,24,28)(H,26,27)/t18-,19+. The first-order valence-corrected chi connectivity index (χ1v) is 10.1. The zero-order valence-corrected chi connectivity index (χ0v) is 16.5. The van der Waals surface area contributed by atoms with Crippen molar-refractivity contribution in [2.45, 2.75) is 25.7 Å². The summed E-state index contributed by atoms with van der Waals surface area (Å²) in [6.45, 7) is 0.906. The molecule has 1 aliphatic rings. The fourth-order valence-corrected chi connectivity index (χ4v) is 3.76. The Bertz CT molecular complexity index is 734. The van der Waals surface area contributed by atoms with Crippen molar-refractivity contribution in [3.8, 4) is 0 Å². The summed E-state index contributed by atoms with van der Waals surface area (Å²) in [6, 6.07) is 19.1. The average molecular weight is 396 g/mol. The predicted octanol–water partition coefficient (Wildman–Crippen LogP) is 4.44. The molecule has 1 aliphatic carbocycles. The number of para-hydroxylation sites is 2. The Balaban J connectivity index is 1.52. The summed E-state index contributed by atoms with van der Waals surface area (Å²) in [6.07, 6.45) is 4.03. The molecule has 6 nitrogen and oxygen atoms in total. The number of urea groups is 1. The number of amides is 2. The third-order valence-electron chi connectivity index (χ3n) is 5.32. The van der Waals surface area contributed by atoms with Crippen LogP contribution in [0, 0.1) is 11.8 Å². The molecular weight excluding hydrogens is 368 g/mol. The third-order valence-corrected chi connectivity index (χ3v) is 5.32. The zero-order valence-electron chi connectivity index (χ0n) is 16.5. The first-order valence-electron chi connectivity index (χ1n) is 10.1. The summed E-state index contributed by atoms with van der Waals surface area (Å²) >= 11 is 0. The Kier molecular flexibility index (Phi) is 7.64. The van der Waals surface area contributed by atoms with Crippen LogP contribution in [-0.2, 0) is 9.53 Å². The smallest absolute Gasteiger partial charge is 0.329 e. The van der Waals surface area contributed by atoms with Crippen LogP contribution in [0.25, 0.3) is 0 Å². The van der Waals surface area contributed by atoms with Gasteiger partial charge in [-0.1, -0.05) is 36.4 Å². The molecule has 154 valence electrons. The number of carboxylic acids is 1. The number of ether oxygens (including phenoxy) is 1. The number of carboxylic acid groups (broad SMARTS) is 1. The van der Waals surface area contributed by atoms with Crippen LogP contribution in [0.2, 0.25) is 0 Å². The minimum Gasteiger partial charge on any atom is -0.480 e. The number of benzene rings is 2. The van der Waals surface area contributed by atoms with Gasteiger partial charge in [0.25, 0.3) is 0 Å². The topological polar surface area (TPSA) is 78.9 Å². The summed E-state index contributed by atoms with van der Waals surface area (Å²) in [7, 11) is 0. The van der Waals surface area contributed by atoms with Gasteiger partial charge >= 0.3 is 12.0 Å². The maximum atomic E-state index is 13.0. The molecular formula is C23H28N2O4. The number of anilines is 2. The van der Waals surface area contributed by atoms with Crippen LogP contribution in [0.3, 0.4) is 0 Å². The number of rotatable bonds is 8. The van der Waals surface area contributed by atoms with E-state index in [1.54, 1.807) is 4.90 Å². The number of carbonyl (C=O) groups is 2. The molecule has 29 heavy (non-hydrogen) atoms. The molecule has 0 aromatic heterocycles. The van der Waals surface area contributed by atoms with E-state index in [2.05, 4.69) is 5.32 Å². The average Bonchev–Trinajstić information content (AvgIpc) is 2.75. The molecule has 0 radical (unpaired) electrons. The van der Waals surface area contributed by atoms with Gasteiger partial charge in [-0.15, -0.1) is 0 Å². The first kappa shape index (κ1) is 20.9. The quantitative estimate of drug-likeness (QED) is 0.691. The van der Waals surface area contributed by atoms with E-state index in [0.29, 0.717) is 25.0 Å². The molecule has 2 amide bonds. The van der Waals surface area contributed by atoms with E-state index in [0.717, 1.165) is 37.1 Å². The van der Waals surface area contributed by atoms with Crippen LogP contribution >= 0.6 is 0 Å². The lowest BCUT2D eigenvalue weighted by atomic mass is 9.82. The highest BCUT2D eigenvalue weighted by Crippen LogP contribution is 2.29. The van der Waals surface area contributed by atoms with Gasteiger partial charge < -0.3 is 15.2 Å². The molecule has 1 fully saturated rings. The Morgan fingerprint density at radius 2 is 1.41 bits per heavy atom. The van der Waals surface area contributed by atoms with Crippen molar-refractivity contribution in [2.75, 3.05) is 24.7 Å². The summed E-state index contributed by atoms with van der Waals surface area (Å²) < 4.78 is 5.22. The molecule has 0 atom stereocenters. The number of nitrogens with one attached hydrogen (secondary N) is 1. The Labute approximate surface area is 171 Å². The highest BCUT2D eigenvalue weighted by Gasteiger charge is 2.23. The Hall–Kier alpha value is -2.86. The lowest BCUT2D eigenvalue weighted by Crippen LogP contribution is -2.40. The molecule has 0 heterocycles. The van der Waals surface area contributed by atoms with Gasteiger partial charge in [0, 0.05) is 6.54 Å². The fraction of sp³-hybridized carbons (Fsp3) is 0.391. The second kappa shape index (κ2) is 10.6. The van der Waals surface area contributed by atoms with E-state index in [9.17, 15) is 9.59 Å². The Morgan fingerprint density at radius 3 is 1.93 bits per heavy atom. The van der Waals surface area contributed by atoms with E-state index in [-0.39, 0.29) is 12.6 Å². The molecule has 2 N–H and O–H groups in total. The van der Waals surface area contributed by atoms with Crippen molar-refractivity contribution >= 4 is 23.4 Å². The SMILES string of the molecule is O=C(O)COC[C@H]1CC[C@@H](CNC(=O)N(c2ccccc2)c2ccccc2)CC1. The van der Waals surface area contributed by atoms with Gasteiger partial charge in [-0.3, -0.25) is 4.90 Å². The van der Waals surface area contributed by atoms with E-state index < -0.39 is 5.97 Å². The largest absolute Gasteiger partial charge is 0.480 e. The molecule has 0 saturated heterocycles. The van der Waals surface area contributed by atoms with Crippen molar-refractivity contribution in [1.82, 2.24) is 5.32 Å². The normalized spacial score (nSPS) is 18.8. The molecule has 1 saturated carbocycles. The van der Waals surface area contributed by atoms with Gasteiger partial charge in [0.1, 0.15) is 6.61 Å². The molecule has 6 heteroatoms. The number of hydrogen-bond donors (Lipinski definition) is 2. The number of nitrogens with zero attached hydrogens (tertiary/aromatic N) is 1. The van der Waals surface area contributed by atoms with Gasteiger partial charge in [-0.2, -0.15) is 0 Å². The maximum absolute atomic E-state index is 13.0. The summed E-state index contributed by atoms with van der Waals surface area (Å²) in [4.78, 5) is 25.2. The van der Waals surface area contributed by atoms with Crippen molar-refractivity contribution < 1.29 is 19.4 Å². The number of carbonyl (C=O) groups excluding carboxylic acids is 1. The minimum atomic E-state index is -0.928. The van der Waals surface area contributed by atoms with Crippen molar-refractivity contribution in [3.63, 3.8) is 0 Å². The van der Waals surface area contributed by atoms with E-state index >= 15 is 0 Å². The monoisotopic (exact) mass is 396 g/mol. The highest BCUT2D eigenvalue weighted by atomic mass is 16.5. The highest BCUT2D eigenvalue weighted by molar-refractivity contribution is 5.99. The molecule has 0 unspecified atom stereocenters. The third kappa shape index (κ3) is 6.32. The van der Waals surface area contributed by atoms with Gasteiger partial charge in [0.15, 0.2) is 0 Å². The second-order valence-corrected chi connectivity index (χ2v) is 7.49. The van der Waals surface area contributed by atoms with Crippen LogP contribution < -0.4 is 10.2 Å². The zero-order chi connectivity index (χ0) is 20.5. The summed E-state index contributed by atoms with van der Waals surface area (Å²) in [5.74, 6) is -0.0858. The molecule has 2 aromatic rings. The van der Waals surface area contributed by atoms with E-state index in [1.807, 2.05) is 60.7 Å². The fourth-order valence-electron chi connectivity index (χ4n) is 3.76. The van der Waals surface area contributed by atoms with Crippen LogP contribution in [0.1, 0.15) is 25.7 Å². The van der Waals surface area contributed by atoms with E-state index in [4.69, 9.17) is 9.84 Å². The molecule has 0 aliphatic heterocycles. The van der Waals surface area contributed by atoms with Crippen molar-refractivity contribution in [3.05, 3.63) is 60.7 Å². The van der Waals surface area contributed by atoms with Crippen molar-refractivity contribution in [1.29, 1.82) is 0 Å². The van der Waals surface area contributed by atoms with Gasteiger partial charge in [0.05, 0.1) is 18.0 Å². The predicted molar refractivity (Wildman–Crippen MR) is 112 cm³/mol. The van der Waals surface area contributed by atoms with Crippen LogP contribution in [-0.4, -0.2) is 36.9 Å². The van der Waals surface area contributed by atoms with E-state index in [1.165, 1.54) is 0 Å². The van der Waals surface area contributed by atoms with Gasteiger partial charge in [0.2, 0.25) is 0 Å². The van der Waals surface area contributed by atoms with Crippen LogP contribution in [0.15, 0.2) is 60.7 Å². The lowest BCUT2D eigenvalue weighted by molar-refractivity contribution is -0.142. The van der Waals surface area contributed by atoms with Crippen LogP contribution in [0.4, 0.5) is 16.2 Å². The molecule has 2 aromatic carbocycles. The number of aliphatic carboxylic acids is 1. The minimum absolute atomic E-state index is 0.130. The first-order chi connectivity index (χ1) is 14.1. The molecule has 3 rings (SSSR count). The molecule has 0 bridgehead atoms. The maximum Gasteiger partial charge on any atom is 0.329 e. The van der Waals surface area contributed by atoms with Crippen LogP contribution in [0.5, 0.6) is 0 Å². The van der Waals surface area contributed by atoms with Crippen molar-refractivity contribution in [2.24, 2.45) is 11.8 Å². The lowest BCUT2D eigenvalue weighted by Gasteiger charge is -2.29. The Morgan fingerprint density at radius 1 is 0.897 bits per heavy atom. The second-order valence-electron chi connectivity index (χ2n) is 7.49. The van der Waals surface area contributed by atoms with Gasteiger partial charge in [-0.05, 0) is 61.8 Å². The molecule has 0 spiro atoms.